The molecule has 1 fully saturated rings. The van der Waals surface area contributed by atoms with Crippen molar-refractivity contribution >= 4 is 28.4 Å². The smallest absolute Gasteiger partial charge is 0.256 e. The van der Waals surface area contributed by atoms with Gasteiger partial charge < -0.3 is 19.7 Å². The van der Waals surface area contributed by atoms with Crippen LogP contribution >= 0.6 is 0 Å². The summed E-state index contributed by atoms with van der Waals surface area (Å²) in [5, 5.41) is 3.90. The number of aromatic nitrogens is 1. The molecule has 5 rings (SSSR count). The number of hydrogen-bond donors (Lipinski definition) is 1. The summed E-state index contributed by atoms with van der Waals surface area (Å²) in [4.78, 5) is 31.9. The van der Waals surface area contributed by atoms with E-state index < -0.39 is 0 Å². The number of nitrogens with one attached hydrogen (secondary N) is 1. The number of ether oxygens (including phenoxy) is 2. The summed E-state index contributed by atoms with van der Waals surface area (Å²) in [6.07, 6.45) is 2.95. The molecular formula is C23H21N3O4. The molecule has 7 heteroatoms. The minimum absolute atomic E-state index is 0.0334. The highest BCUT2D eigenvalue weighted by atomic mass is 16.7. The van der Waals surface area contributed by atoms with Gasteiger partial charge in [-0.05, 0) is 37.1 Å². The van der Waals surface area contributed by atoms with Crippen molar-refractivity contribution in [3.63, 3.8) is 0 Å². The maximum Gasteiger partial charge on any atom is 0.256 e. The predicted molar refractivity (Wildman–Crippen MR) is 112 cm³/mol. The molecule has 1 saturated heterocycles. The SMILES string of the molecule is O=C(Nc1ccc2c(c1)OCO2)C1CCN(C(=O)c2cccc3cccnc23)CC1. The van der Waals surface area contributed by atoms with Crippen molar-refractivity contribution in [1.82, 2.24) is 9.88 Å². The lowest BCUT2D eigenvalue weighted by Gasteiger charge is -2.31. The summed E-state index contributed by atoms with van der Waals surface area (Å²) >= 11 is 0. The molecule has 2 aromatic carbocycles. The van der Waals surface area contributed by atoms with E-state index in [-0.39, 0.29) is 24.5 Å². The first-order valence-corrected chi connectivity index (χ1v) is 10.0. The topological polar surface area (TPSA) is 80.8 Å². The van der Waals surface area contributed by atoms with Crippen LogP contribution in [0.2, 0.25) is 0 Å². The number of piperidine rings is 1. The molecule has 0 bridgehead atoms. The molecule has 0 atom stereocenters. The first kappa shape index (κ1) is 18.4. The van der Waals surface area contributed by atoms with Crippen molar-refractivity contribution in [3.8, 4) is 11.5 Å². The minimum atomic E-state index is -0.134. The van der Waals surface area contributed by atoms with Crippen LogP contribution in [0.3, 0.4) is 0 Å². The third-order valence-electron chi connectivity index (χ3n) is 5.66. The third-order valence-corrected chi connectivity index (χ3v) is 5.66. The van der Waals surface area contributed by atoms with Crippen molar-refractivity contribution in [2.75, 3.05) is 25.2 Å². The van der Waals surface area contributed by atoms with Gasteiger partial charge in [-0.15, -0.1) is 0 Å². The first-order chi connectivity index (χ1) is 14.7. The van der Waals surface area contributed by atoms with Crippen molar-refractivity contribution in [3.05, 3.63) is 60.3 Å². The van der Waals surface area contributed by atoms with E-state index in [9.17, 15) is 9.59 Å². The molecule has 30 heavy (non-hydrogen) atoms. The van der Waals surface area contributed by atoms with Crippen LogP contribution in [0.25, 0.3) is 10.9 Å². The summed E-state index contributed by atoms with van der Waals surface area (Å²) < 4.78 is 10.7. The maximum atomic E-state index is 13.0. The number of anilines is 1. The highest BCUT2D eigenvalue weighted by Crippen LogP contribution is 2.34. The monoisotopic (exact) mass is 403 g/mol. The molecule has 1 aromatic heterocycles. The number of nitrogens with zero attached hydrogens (tertiary/aromatic N) is 2. The predicted octanol–water partition coefficient (Wildman–Crippen LogP) is 3.45. The Morgan fingerprint density at radius 2 is 1.80 bits per heavy atom. The third kappa shape index (κ3) is 3.43. The molecule has 0 spiro atoms. The van der Waals surface area contributed by atoms with Crippen LogP contribution in [-0.2, 0) is 4.79 Å². The van der Waals surface area contributed by atoms with Gasteiger partial charge in [0.2, 0.25) is 12.7 Å². The normalized spacial score (nSPS) is 15.9. The second-order valence-electron chi connectivity index (χ2n) is 7.50. The minimum Gasteiger partial charge on any atom is -0.454 e. The Kier molecular flexibility index (Phi) is 4.71. The summed E-state index contributed by atoms with van der Waals surface area (Å²) in [7, 11) is 0. The average molecular weight is 403 g/mol. The average Bonchev–Trinajstić information content (AvgIpc) is 3.26. The zero-order valence-corrected chi connectivity index (χ0v) is 16.3. The summed E-state index contributed by atoms with van der Waals surface area (Å²) in [6, 6.07) is 14.8. The maximum absolute atomic E-state index is 13.0. The lowest BCUT2D eigenvalue weighted by atomic mass is 9.95. The first-order valence-electron chi connectivity index (χ1n) is 10.0. The number of likely N-dealkylation sites (tertiary alicyclic amines) is 1. The van der Waals surface area contributed by atoms with Gasteiger partial charge >= 0.3 is 0 Å². The summed E-state index contributed by atoms with van der Waals surface area (Å²) in [5.41, 5.74) is 2.01. The number of rotatable bonds is 3. The molecule has 7 nitrogen and oxygen atoms in total. The number of carbonyl (C=O) groups is 2. The van der Waals surface area contributed by atoms with Gasteiger partial charge in [-0.1, -0.05) is 18.2 Å². The number of pyridine rings is 1. The Balaban J connectivity index is 1.22. The molecule has 0 unspecified atom stereocenters. The van der Waals surface area contributed by atoms with Crippen LogP contribution in [0, 0.1) is 5.92 Å². The number of hydrogen-bond acceptors (Lipinski definition) is 5. The van der Waals surface area contributed by atoms with Gasteiger partial charge in [0.1, 0.15) is 0 Å². The zero-order chi connectivity index (χ0) is 20.5. The van der Waals surface area contributed by atoms with E-state index in [4.69, 9.17) is 9.47 Å². The molecule has 152 valence electrons. The fraction of sp³-hybridized carbons (Fsp3) is 0.261. The second-order valence-corrected chi connectivity index (χ2v) is 7.50. The second kappa shape index (κ2) is 7.67. The largest absolute Gasteiger partial charge is 0.454 e. The van der Waals surface area contributed by atoms with Gasteiger partial charge in [0.15, 0.2) is 11.5 Å². The quantitative estimate of drug-likeness (QED) is 0.724. The lowest BCUT2D eigenvalue weighted by molar-refractivity contribution is -0.121. The summed E-state index contributed by atoms with van der Waals surface area (Å²) in [6.45, 7) is 1.29. The van der Waals surface area contributed by atoms with E-state index >= 15 is 0 Å². The Labute approximate surface area is 173 Å². The Morgan fingerprint density at radius 1 is 1.00 bits per heavy atom. The lowest BCUT2D eigenvalue weighted by Crippen LogP contribution is -2.41. The van der Waals surface area contributed by atoms with Gasteiger partial charge in [-0.2, -0.15) is 0 Å². The fourth-order valence-electron chi connectivity index (χ4n) is 4.01. The number of para-hydroxylation sites is 1. The number of benzene rings is 2. The van der Waals surface area contributed by atoms with Crippen molar-refractivity contribution < 1.29 is 19.1 Å². The zero-order valence-electron chi connectivity index (χ0n) is 16.3. The highest BCUT2D eigenvalue weighted by Gasteiger charge is 2.29. The summed E-state index contributed by atoms with van der Waals surface area (Å²) in [5.74, 6) is 1.12. The van der Waals surface area contributed by atoms with Crippen molar-refractivity contribution in [2.45, 2.75) is 12.8 Å². The van der Waals surface area contributed by atoms with Crippen molar-refractivity contribution in [1.29, 1.82) is 0 Å². The Hall–Kier alpha value is -3.61. The molecule has 3 aromatic rings. The highest BCUT2D eigenvalue weighted by molar-refractivity contribution is 6.05. The number of fused-ring (bicyclic) bond motifs is 2. The van der Waals surface area contributed by atoms with Crippen LogP contribution in [-0.4, -0.2) is 41.6 Å². The van der Waals surface area contributed by atoms with Crippen LogP contribution < -0.4 is 14.8 Å². The van der Waals surface area contributed by atoms with Crippen LogP contribution in [0.1, 0.15) is 23.2 Å². The fourth-order valence-corrected chi connectivity index (χ4v) is 4.01. The molecule has 0 radical (unpaired) electrons. The van der Waals surface area contributed by atoms with E-state index in [1.807, 2.05) is 35.2 Å². The molecule has 1 N–H and O–H groups in total. The molecule has 0 aliphatic carbocycles. The molecule has 3 heterocycles. The van der Waals surface area contributed by atoms with E-state index in [1.54, 1.807) is 24.4 Å². The van der Waals surface area contributed by atoms with E-state index in [0.29, 0.717) is 54.2 Å². The van der Waals surface area contributed by atoms with Crippen LogP contribution in [0.5, 0.6) is 11.5 Å². The Bertz CT molecular complexity index is 1120. The number of amides is 2. The Morgan fingerprint density at radius 3 is 2.67 bits per heavy atom. The van der Waals surface area contributed by atoms with Gasteiger partial charge in [-0.25, -0.2) is 0 Å². The number of carbonyl (C=O) groups excluding carboxylic acids is 2. The standard InChI is InChI=1S/C23H21N3O4/c27-22(25-17-6-7-19-20(13-17)30-14-29-19)16-8-11-26(12-9-16)23(28)18-5-1-3-15-4-2-10-24-21(15)18/h1-7,10,13,16H,8-9,11-12,14H2,(H,25,27). The molecule has 2 aliphatic heterocycles. The van der Waals surface area contributed by atoms with E-state index in [2.05, 4.69) is 10.3 Å². The van der Waals surface area contributed by atoms with Crippen LogP contribution in [0.15, 0.2) is 54.7 Å². The van der Waals surface area contributed by atoms with Gasteiger partial charge in [0, 0.05) is 42.3 Å². The van der Waals surface area contributed by atoms with Crippen molar-refractivity contribution in [2.24, 2.45) is 5.92 Å². The van der Waals surface area contributed by atoms with E-state index in [0.717, 1.165) is 5.39 Å². The van der Waals surface area contributed by atoms with Crippen LogP contribution in [0.4, 0.5) is 5.69 Å². The molecule has 2 amide bonds. The molecular weight excluding hydrogens is 382 g/mol. The van der Waals surface area contributed by atoms with Gasteiger partial charge in [0.25, 0.3) is 5.91 Å². The van der Waals surface area contributed by atoms with Gasteiger partial charge in [-0.3, -0.25) is 14.6 Å². The molecule has 2 aliphatic rings. The van der Waals surface area contributed by atoms with E-state index in [1.165, 1.54) is 0 Å². The van der Waals surface area contributed by atoms with Gasteiger partial charge in [0.05, 0.1) is 11.1 Å². The molecule has 0 saturated carbocycles.